The molecule has 4 heteroatoms. The number of phenolic OH excluding ortho intramolecular Hbond substituents is 1. The fourth-order valence-corrected chi connectivity index (χ4v) is 1.37. The summed E-state index contributed by atoms with van der Waals surface area (Å²) in [6, 6.07) is 2.76. The molecule has 0 fully saturated rings. The van der Waals surface area contributed by atoms with Gasteiger partial charge in [-0.05, 0) is 6.07 Å². The lowest BCUT2D eigenvalue weighted by Gasteiger charge is -2.07. The number of ether oxygens (including phenoxy) is 1. The van der Waals surface area contributed by atoms with Crippen LogP contribution in [0.25, 0.3) is 0 Å². The zero-order valence-corrected chi connectivity index (χ0v) is 10.8. The van der Waals surface area contributed by atoms with E-state index in [4.69, 9.17) is 16.3 Å². The molecule has 1 aromatic rings. The van der Waals surface area contributed by atoms with E-state index in [2.05, 4.69) is 0 Å². The van der Waals surface area contributed by atoms with Crippen LogP contribution in [0.5, 0.6) is 11.5 Å². The van der Waals surface area contributed by atoms with Crippen molar-refractivity contribution >= 4 is 17.4 Å². The number of rotatable bonds is 3. The third kappa shape index (κ3) is 3.42. The number of hydrogen-bond acceptors (Lipinski definition) is 3. The molecule has 0 saturated heterocycles. The average Bonchev–Trinajstić information content (AvgIpc) is 2.31. The van der Waals surface area contributed by atoms with Crippen LogP contribution in [0.15, 0.2) is 12.1 Å². The van der Waals surface area contributed by atoms with Crippen molar-refractivity contribution < 1.29 is 14.6 Å². The minimum absolute atomic E-state index is 0.0647. The van der Waals surface area contributed by atoms with Gasteiger partial charge < -0.3 is 9.84 Å². The zero-order chi connectivity index (χ0) is 12.7. The van der Waals surface area contributed by atoms with E-state index < -0.39 is 0 Å². The second-order valence-electron chi connectivity index (χ2n) is 2.78. The number of phenols is 1. The Labute approximate surface area is 101 Å². The van der Waals surface area contributed by atoms with Crippen molar-refractivity contribution in [3.63, 3.8) is 0 Å². The first-order valence-electron chi connectivity index (χ1n) is 5.19. The molecule has 0 spiro atoms. The molecule has 0 aliphatic carbocycles. The molecule has 1 rings (SSSR count). The van der Waals surface area contributed by atoms with Gasteiger partial charge in [0, 0.05) is 18.1 Å². The quantitative estimate of drug-likeness (QED) is 0.826. The number of ketones is 1. The Bertz CT molecular complexity index is 362. The molecule has 0 radical (unpaired) electrons. The first-order valence-corrected chi connectivity index (χ1v) is 5.57. The molecule has 90 valence electrons. The van der Waals surface area contributed by atoms with Crippen molar-refractivity contribution in [2.45, 2.75) is 27.2 Å². The number of aromatic hydroxyl groups is 1. The summed E-state index contributed by atoms with van der Waals surface area (Å²) >= 11 is 5.80. The fourth-order valence-electron chi connectivity index (χ4n) is 1.11. The highest BCUT2D eigenvalue weighted by atomic mass is 35.5. The van der Waals surface area contributed by atoms with Gasteiger partial charge in [-0.3, -0.25) is 4.79 Å². The predicted octanol–water partition coefficient (Wildman–Crippen LogP) is 3.67. The number of halogens is 1. The maximum atomic E-state index is 11.4. The molecule has 0 heterocycles. The fraction of sp³-hybridized carbons (Fsp3) is 0.417. The lowest BCUT2D eigenvalue weighted by atomic mass is 10.1. The highest BCUT2D eigenvalue weighted by Crippen LogP contribution is 2.32. The summed E-state index contributed by atoms with van der Waals surface area (Å²) in [5.74, 6) is 0.115. The summed E-state index contributed by atoms with van der Waals surface area (Å²) in [4.78, 5) is 11.4. The molecular formula is C12H17ClO3. The van der Waals surface area contributed by atoms with Gasteiger partial charge in [0.2, 0.25) is 0 Å². The molecule has 0 saturated carbocycles. The third-order valence-corrected chi connectivity index (χ3v) is 2.20. The van der Waals surface area contributed by atoms with Crippen molar-refractivity contribution in [3.8, 4) is 11.5 Å². The summed E-state index contributed by atoms with van der Waals surface area (Å²) in [5, 5.41) is 9.60. The van der Waals surface area contributed by atoms with Crippen molar-refractivity contribution in [1.82, 2.24) is 0 Å². The molecule has 0 amide bonds. The molecule has 0 aliphatic heterocycles. The molecule has 0 aromatic heterocycles. The van der Waals surface area contributed by atoms with Gasteiger partial charge in [0.1, 0.15) is 0 Å². The monoisotopic (exact) mass is 244 g/mol. The van der Waals surface area contributed by atoms with Gasteiger partial charge in [-0.15, -0.1) is 0 Å². The van der Waals surface area contributed by atoms with E-state index in [1.54, 1.807) is 6.92 Å². The van der Waals surface area contributed by atoms with Gasteiger partial charge >= 0.3 is 0 Å². The highest BCUT2D eigenvalue weighted by molar-refractivity contribution is 6.34. The van der Waals surface area contributed by atoms with Crippen LogP contribution in [-0.4, -0.2) is 18.0 Å². The predicted molar refractivity (Wildman–Crippen MR) is 65.6 cm³/mol. The van der Waals surface area contributed by atoms with Crippen LogP contribution in [0, 0.1) is 0 Å². The van der Waals surface area contributed by atoms with E-state index >= 15 is 0 Å². The minimum Gasteiger partial charge on any atom is -0.504 e. The SMILES string of the molecule is CC.CCC(=O)c1cc(OC)c(O)cc1Cl. The zero-order valence-electron chi connectivity index (χ0n) is 10.0. The van der Waals surface area contributed by atoms with Gasteiger partial charge in [-0.2, -0.15) is 0 Å². The second-order valence-corrected chi connectivity index (χ2v) is 3.19. The number of benzene rings is 1. The normalized spacial score (nSPS) is 9.06. The van der Waals surface area contributed by atoms with Crippen LogP contribution in [-0.2, 0) is 0 Å². The maximum Gasteiger partial charge on any atom is 0.164 e. The Morgan fingerprint density at radius 2 is 2.00 bits per heavy atom. The first-order chi connectivity index (χ1) is 7.60. The molecule has 0 bridgehead atoms. The summed E-state index contributed by atoms with van der Waals surface area (Å²) in [7, 11) is 1.42. The smallest absolute Gasteiger partial charge is 0.164 e. The van der Waals surface area contributed by atoms with Crippen molar-refractivity contribution in [1.29, 1.82) is 0 Å². The highest BCUT2D eigenvalue weighted by Gasteiger charge is 2.13. The molecule has 1 aromatic carbocycles. The lowest BCUT2D eigenvalue weighted by molar-refractivity contribution is 0.0988. The summed E-state index contributed by atoms with van der Waals surface area (Å²) in [6.07, 6.45) is 0.369. The van der Waals surface area contributed by atoms with Crippen LogP contribution in [0.4, 0.5) is 0 Å². The molecular weight excluding hydrogens is 228 g/mol. The van der Waals surface area contributed by atoms with Crippen molar-refractivity contribution in [2.24, 2.45) is 0 Å². The van der Waals surface area contributed by atoms with Crippen LogP contribution >= 0.6 is 11.6 Å². The number of hydrogen-bond donors (Lipinski definition) is 1. The van der Waals surface area contributed by atoms with E-state index in [-0.39, 0.29) is 22.3 Å². The minimum atomic E-state index is -0.0756. The largest absolute Gasteiger partial charge is 0.504 e. The van der Waals surface area contributed by atoms with Crippen LogP contribution in [0.3, 0.4) is 0 Å². The van der Waals surface area contributed by atoms with Gasteiger partial charge in [0.05, 0.1) is 12.1 Å². The Balaban J connectivity index is 0.00000106. The lowest BCUT2D eigenvalue weighted by Crippen LogP contribution is -1.98. The van der Waals surface area contributed by atoms with Gasteiger partial charge in [0.25, 0.3) is 0 Å². The summed E-state index contributed by atoms with van der Waals surface area (Å²) in [5.41, 5.74) is 0.379. The second kappa shape index (κ2) is 7.12. The van der Waals surface area contributed by atoms with Crippen molar-refractivity contribution in [3.05, 3.63) is 22.7 Å². The first kappa shape index (κ1) is 14.8. The Kier molecular flexibility index (Phi) is 6.58. The molecule has 3 nitrogen and oxygen atoms in total. The molecule has 16 heavy (non-hydrogen) atoms. The summed E-state index contributed by atoms with van der Waals surface area (Å²) < 4.78 is 4.87. The van der Waals surface area contributed by atoms with Gasteiger partial charge in [-0.1, -0.05) is 32.4 Å². The van der Waals surface area contributed by atoms with Crippen LogP contribution < -0.4 is 4.74 Å². The van der Waals surface area contributed by atoms with E-state index in [1.807, 2.05) is 13.8 Å². The number of methoxy groups -OCH3 is 1. The number of Topliss-reactive ketones (excluding diaryl/α,β-unsaturated/α-hetero) is 1. The molecule has 0 aliphatic rings. The van der Waals surface area contributed by atoms with E-state index in [0.29, 0.717) is 12.0 Å². The standard InChI is InChI=1S/C10H11ClO3.C2H6/c1-3-8(12)6-4-10(14-2)9(13)5-7(6)11;1-2/h4-5,13H,3H2,1-2H3;1-2H3. The third-order valence-electron chi connectivity index (χ3n) is 1.89. The molecule has 1 N–H and O–H groups in total. The molecule has 0 atom stereocenters. The topological polar surface area (TPSA) is 46.5 Å². The number of carbonyl (C=O) groups is 1. The Morgan fingerprint density at radius 3 is 2.44 bits per heavy atom. The Morgan fingerprint density at radius 1 is 1.44 bits per heavy atom. The van der Waals surface area contributed by atoms with Crippen molar-refractivity contribution in [2.75, 3.05) is 7.11 Å². The average molecular weight is 245 g/mol. The van der Waals surface area contributed by atoms with Gasteiger partial charge in [-0.25, -0.2) is 0 Å². The van der Waals surface area contributed by atoms with Crippen LogP contribution in [0.1, 0.15) is 37.6 Å². The van der Waals surface area contributed by atoms with Crippen LogP contribution in [0.2, 0.25) is 5.02 Å². The Hall–Kier alpha value is -1.22. The maximum absolute atomic E-state index is 11.4. The van der Waals surface area contributed by atoms with E-state index in [9.17, 15) is 9.90 Å². The molecule has 0 unspecified atom stereocenters. The van der Waals surface area contributed by atoms with E-state index in [1.165, 1.54) is 19.2 Å². The van der Waals surface area contributed by atoms with E-state index in [0.717, 1.165) is 0 Å². The number of carbonyl (C=O) groups excluding carboxylic acids is 1. The summed E-state index contributed by atoms with van der Waals surface area (Å²) in [6.45, 7) is 5.75. The van der Waals surface area contributed by atoms with Gasteiger partial charge in [0.15, 0.2) is 17.3 Å².